The van der Waals surface area contributed by atoms with E-state index in [1.165, 1.54) is 17.5 Å². The summed E-state index contributed by atoms with van der Waals surface area (Å²) in [6.45, 7) is 4.20. The Morgan fingerprint density at radius 2 is 1.72 bits per heavy atom. The number of aldehydes is 1. The van der Waals surface area contributed by atoms with E-state index in [9.17, 15) is 4.79 Å². The Hall–Kier alpha value is -1.89. The molecule has 92 valence electrons. The number of benzene rings is 2. The zero-order chi connectivity index (χ0) is 13.0. The molecule has 2 rings (SSSR count). The predicted molar refractivity (Wildman–Crippen MR) is 76.0 cm³/mol. The van der Waals surface area contributed by atoms with Crippen LogP contribution in [0.3, 0.4) is 0 Å². The van der Waals surface area contributed by atoms with Crippen LogP contribution in [-0.2, 0) is 6.42 Å². The van der Waals surface area contributed by atoms with Crippen LogP contribution < -0.4 is 0 Å². The summed E-state index contributed by atoms with van der Waals surface area (Å²) < 4.78 is 0. The van der Waals surface area contributed by atoms with Gasteiger partial charge in [-0.3, -0.25) is 4.79 Å². The zero-order valence-corrected chi connectivity index (χ0v) is 10.9. The highest BCUT2D eigenvalue weighted by Gasteiger charge is 2.01. The molecule has 0 heterocycles. The number of carbonyl (C=O) groups is 1. The van der Waals surface area contributed by atoms with Crippen LogP contribution in [0.5, 0.6) is 0 Å². The van der Waals surface area contributed by atoms with Crippen molar-refractivity contribution in [1.29, 1.82) is 0 Å². The van der Waals surface area contributed by atoms with Gasteiger partial charge in [0.25, 0.3) is 0 Å². The summed E-state index contributed by atoms with van der Waals surface area (Å²) >= 11 is 0. The van der Waals surface area contributed by atoms with Crippen molar-refractivity contribution in [2.75, 3.05) is 0 Å². The second-order valence-corrected chi connectivity index (χ2v) is 4.70. The maximum absolute atomic E-state index is 10.9. The first-order chi connectivity index (χ1) is 8.72. The van der Waals surface area contributed by atoms with E-state index < -0.39 is 0 Å². The van der Waals surface area contributed by atoms with Crippen molar-refractivity contribution in [1.82, 2.24) is 0 Å². The monoisotopic (exact) mass is 238 g/mol. The second kappa shape index (κ2) is 5.63. The highest BCUT2D eigenvalue weighted by molar-refractivity contribution is 5.79. The number of carbonyl (C=O) groups excluding carboxylic acids is 1. The summed E-state index contributed by atoms with van der Waals surface area (Å²) in [5.74, 6) is 0. The van der Waals surface area contributed by atoms with Gasteiger partial charge in [-0.25, -0.2) is 0 Å². The summed E-state index contributed by atoms with van der Waals surface area (Å²) in [6, 6.07) is 14.6. The fourth-order valence-corrected chi connectivity index (χ4v) is 2.20. The molecule has 0 amide bonds. The van der Waals surface area contributed by atoms with E-state index >= 15 is 0 Å². The lowest BCUT2D eigenvalue weighted by Gasteiger charge is -2.06. The summed E-state index contributed by atoms with van der Waals surface area (Å²) in [5.41, 5.74) is 5.50. The van der Waals surface area contributed by atoms with E-state index in [1.807, 2.05) is 19.1 Å². The molecule has 2 aromatic rings. The summed E-state index contributed by atoms with van der Waals surface area (Å²) in [6.07, 6.45) is 3.19. The molecule has 0 saturated carbocycles. The first-order valence-corrected chi connectivity index (χ1v) is 6.39. The molecule has 18 heavy (non-hydrogen) atoms. The van der Waals surface area contributed by atoms with Crippen molar-refractivity contribution in [3.05, 3.63) is 59.2 Å². The van der Waals surface area contributed by atoms with Gasteiger partial charge in [-0.15, -0.1) is 0 Å². The van der Waals surface area contributed by atoms with Gasteiger partial charge in [-0.2, -0.15) is 0 Å². The molecule has 0 bridgehead atoms. The minimum absolute atomic E-state index is 0.739. The Bertz CT molecular complexity index is 538. The van der Waals surface area contributed by atoms with Crippen LogP contribution in [0.4, 0.5) is 0 Å². The van der Waals surface area contributed by atoms with Gasteiger partial charge in [0.05, 0.1) is 0 Å². The molecule has 0 spiro atoms. The fraction of sp³-hybridized carbons (Fsp3) is 0.235. The van der Waals surface area contributed by atoms with E-state index in [0.717, 1.165) is 29.4 Å². The molecule has 0 radical (unpaired) electrons. The fourth-order valence-electron chi connectivity index (χ4n) is 2.20. The Kier molecular flexibility index (Phi) is 3.93. The number of rotatable bonds is 4. The van der Waals surface area contributed by atoms with Crippen molar-refractivity contribution < 1.29 is 4.79 Å². The van der Waals surface area contributed by atoms with Gasteiger partial charge in [0.1, 0.15) is 6.29 Å². The summed E-state index contributed by atoms with van der Waals surface area (Å²) in [4.78, 5) is 10.9. The third-order valence-corrected chi connectivity index (χ3v) is 3.06. The number of hydrogen-bond acceptors (Lipinski definition) is 1. The van der Waals surface area contributed by atoms with Crippen LogP contribution in [0.15, 0.2) is 42.5 Å². The second-order valence-electron chi connectivity index (χ2n) is 4.70. The van der Waals surface area contributed by atoms with E-state index in [0.29, 0.717) is 0 Å². The topological polar surface area (TPSA) is 17.1 Å². The minimum Gasteiger partial charge on any atom is -0.298 e. The minimum atomic E-state index is 0.739. The molecule has 0 saturated heterocycles. The molecule has 0 aliphatic heterocycles. The lowest BCUT2D eigenvalue weighted by molar-refractivity contribution is 0.112. The zero-order valence-electron chi connectivity index (χ0n) is 10.9. The third-order valence-electron chi connectivity index (χ3n) is 3.06. The summed E-state index contributed by atoms with van der Waals surface area (Å²) in [5, 5.41) is 0. The molecule has 0 aliphatic carbocycles. The van der Waals surface area contributed by atoms with Gasteiger partial charge in [0.15, 0.2) is 0 Å². The smallest absolute Gasteiger partial charge is 0.150 e. The molecule has 0 N–H and O–H groups in total. The van der Waals surface area contributed by atoms with E-state index in [-0.39, 0.29) is 0 Å². The summed E-state index contributed by atoms with van der Waals surface area (Å²) in [7, 11) is 0. The number of hydrogen-bond donors (Lipinski definition) is 0. The highest BCUT2D eigenvalue weighted by Crippen LogP contribution is 2.22. The van der Waals surface area contributed by atoms with Crippen LogP contribution in [0.1, 0.15) is 34.8 Å². The number of aryl methyl sites for hydroxylation is 2. The Morgan fingerprint density at radius 3 is 2.33 bits per heavy atom. The first kappa shape index (κ1) is 12.6. The van der Waals surface area contributed by atoms with Crippen molar-refractivity contribution in [3.63, 3.8) is 0 Å². The molecule has 0 atom stereocenters. The van der Waals surface area contributed by atoms with E-state index in [1.54, 1.807) is 0 Å². The molecule has 1 heteroatoms. The van der Waals surface area contributed by atoms with Crippen LogP contribution >= 0.6 is 0 Å². The predicted octanol–water partition coefficient (Wildman–Crippen LogP) is 4.43. The van der Waals surface area contributed by atoms with Crippen LogP contribution in [-0.4, -0.2) is 6.29 Å². The lowest BCUT2D eigenvalue weighted by atomic mass is 9.99. The molecule has 1 nitrogen and oxygen atoms in total. The van der Waals surface area contributed by atoms with Gasteiger partial charge < -0.3 is 0 Å². The molecule has 0 unspecified atom stereocenters. The molecule has 2 aromatic carbocycles. The molecule has 0 fully saturated rings. The van der Waals surface area contributed by atoms with E-state index in [4.69, 9.17) is 0 Å². The maximum Gasteiger partial charge on any atom is 0.150 e. The lowest BCUT2D eigenvalue weighted by Crippen LogP contribution is -1.87. The SMILES string of the molecule is CCCc1ccc(-c2cc(C)cc(C=O)c2)cc1. The molecule has 0 aromatic heterocycles. The average molecular weight is 238 g/mol. The van der Waals surface area contributed by atoms with Crippen molar-refractivity contribution in [3.8, 4) is 11.1 Å². The van der Waals surface area contributed by atoms with Gasteiger partial charge in [0.2, 0.25) is 0 Å². The van der Waals surface area contributed by atoms with Crippen LogP contribution in [0.25, 0.3) is 11.1 Å². The van der Waals surface area contributed by atoms with Gasteiger partial charge in [0, 0.05) is 5.56 Å². The molecular weight excluding hydrogens is 220 g/mol. The largest absolute Gasteiger partial charge is 0.298 e. The van der Waals surface area contributed by atoms with Crippen molar-refractivity contribution >= 4 is 6.29 Å². The van der Waals surface area contributed by atoms with Gasteiger partial charge in [-0.1, -0.05) is 43.7 Å². The van der Waals surface area contributed by atoms with E-state index in [2.05, 4.69) is 37.3 Å². The third kappa shape index (κ3) is 2.86. The maximum atomic E-state index is 10.9. The van der Waals surface area contributed by atoms with Crippen LogP contribution in [0, 0.1) is 6.92 Å². The van der Waals surface area contributed by atoms with Gasteiger partial charge >= 0.3 is 0 Å². The molecular formula is C17H18O. The van der Waals surface area contributed by atoms with Crippen molar-refractivity contribution in [2.24, 2.45) is 0 Å². The normalized spacial score (nSPS) is 10.3. The quantitative estimate of drug-likeness (QED) is 0.720. The first-order valence-electron chi connectivity index (χ1n) is 6.39. The van der Waals surface area contributed by atoms with Gasteiger partial charge in [-0.05, 0) is 47.7 Å². The van der Waals surface area contributed by atoms with Crippen molar-refractivity contribution in [2.45, 2.75) is 26.7 Å². The Morgan fingerprint density at radius 1 is 1.00 bits per heavy atom. The standard InChI is InChI=1S/C17H18O/c1-3-4-14-5-7-16(8-6-14)17-10-13(2)9-15(11-17)12-18/h5-12H,3-4H2,1-2H3. The average Bonchev–Trinajstić information content (AvgIpc) is 2.39. The molecule has 0 aliphatic rings. The van der Waals surface area contributed by atoms with Crippen LogP contribution in [0.2, 0.25) is 0 Å². The Labute approximate surface area is 108 Å². The highest BCUT2D eigenvalue weighted by atomic mass is 16.1. The Balaban J connectivity index is 2.35.